The smallest absolute Gasteiger partial charge is 0.246 e. The molecule has 8 heteroatoms. The number of amides is 1. The number of methoxy groups -OCH3 is 1. The van der Waals surface area contributed by atoms with Gasteiger partial charge in [-0.05, 0) is 31.0 Å². The van der Waals surface area contributed by atoms with Crippen molar-refractivity contribution in [1.29, 1.82) is 0 Å². The van der Waals surface area contributed by atoms with Crippen LogP contribution in [0.25, 0.3) is 0 Å². The lowest BCUT2D eigenvalue weighted by molar-refractivity contribution is -0.136. The molecule has 1 heterocycles. The first-order valence-corrected chi connectivity index (χ1v) is 10.00. The number of rotatable bonds is 4. The number of carbonyl (C=O) groups excluding carboxylic acids is 1. The van der Waals surface area contributed by atoms with Gasteiger partial charge in [0.2, 0.25) is 15.9 Å². The van der Waals surface area contributed by atoms with E-state index in [1.807, 2.05) is 0 Å². The second-order valence-electron chi connectivity index (χ2n) is 6.51. The van der Waals surface area contributed by atoms with Gasteiger partial charge in [-0.15, -0.1) is 0 Å². The summed E-state index contributed by atoms with van der Waals surface area (Å²) in [5.74, 6) is -0.287. The summed E-state index contributed by atoms with van der Waals surface area (Å²) in [6.45, 7) is 1.15. The van der Waals surface area contributed by atoms with Crippen LogP contribution >= 0.6 is 0 Å². The van der Waals surface area contributed by atoms with Crippen molar-refractivity contribution < 1.29 is 22.3 Å². The first-order chi connectivity index (χ1) is 11.9. The Balaban J connectivity index is 1.71. The number of sulfonamides is 1. The Bertz CT molecular complexity index is 739. The van der Waals surface area contributed by atoms with Gasteiger partial charge >= 0.3 is 0 Å². The van der Waals surface area contributed by atoms with Gasteiger partial charge in [0.05, 0.1) is 7.11 Å². The average molecular weight is 370 g/mol. The monoisotopic (exact) mass is 370 g/mol. The van der Waals surface area contributed by atoms with Crippen LogP contribution in [0.1, 0.15) is 25.7 Å². The first kappa shape index (κ1) is 18.1. The van der Waals surface area contributed by atoms with Gasteiger partial charge in [0.25, 0.3) is 0 Å². The average Bonchev–Trinajstić information content (AvgIpc) is 3.16. The van der Waals surface area contributed by atoms with Gasteiger partial charge in [-0.25, -0.2) is 12.8 Å². The summed E-state index contributed by atoms with van der Waals surface area (Å²) in [5.41, 5.74) is 0. The summed E-state index contributed by atoms with van der Waals surface area (Å²) < 4.78 is 45.5. The Morgan fingerprint density at radius 3 is 2.40 bits per heavy atom. The minimum atomic E-state index is -3.87. The highest BCUT2D eigenvalue weighted by Crippen LogP contribution is 2.30. The summed E-state index contributed by atoms with van der Waals surface area (Å²) in [6.07, 6.45) is 4.03. The molecule has 0 unspecified atom stereocenters. The van der Waals surface area contributed by atoms with Gasteiger partial charge in [-0.2, -0.15) is 4.31 Å². The van der Waals surface area contributed by atoms with E-state index in [1.165, 1.54) is 17.5 Å². The van der Waals surface area contributed by atoms with Crippen LogP contribution in [-0.2, 0) is 14.8 Å². The lowest BCUT2D eigenvalue weighted by Crippen LogP contribution is -2.51. The van der Waals surface area contributed by atoms with Crippen molar-refractivity contribution in [1.82, 2.24) is 9.21 Å². The van der Waals surface area contributed by atoms with Crippen LogP contribution in [0.3, 0.4) is 0 Å². The van der Waals surface area contributed by atoms with Crippen LogP contribution < -0.4 is 4.74 Å². The first-order valence-electron chi connectivity index (χ1n) is 8.56. The van der Waals surface area contributed by atoms with Crippen molar-refractivity contribution in [3.8, 4) is 5.75 Å². The zero-order valence-electron chi connectivity index (χ0n) is 14.3. The minimum absolute atomic E-state index is 0.0893. The molecule has 0 aromatic heterocycles. The van der Waals surface area contributed by atoms with Crippen LogP contribution in [0, 0.1) is 11.7 Å². The van der Waals surface area contributed by atoms with Crippen molar-refractivity contribution >= 4 is 15.9 Å². The fraction of sp³-hybridized carbons (Fsp3) is 0.588. The molecule has 2 fully saturated rings. The Kier molecular flexibility index (Phi) is 5.29. The summed E-state index contributed by atoms with van der Waals surface area (Å²) in [4.78, 5) is 14.0. The molecule has 1 aliphatic heterocycles. The molecule has 1 amide bonds. The van der Waals surface area contributed by atoms with Crippen molar-refractivity contribution in [3.63, 3.8) is 0 Å². The molecule has 2 aliphatic rings. The van der Waals surface area contributed by atoms with E-state index in [2.05, 4.69) is 0 Å². The van der Waals surface area contributed by atoms with Crippen molar-refractivity contribution in [2.75, 3.05) is 33.3 Å². The number of carbonyl (C=O) groups is 1. The summed E-state index contributed by atoms with van der Waals surface area (Å²) in [6, 6.07) is 3.45. The zero-order valence-corrected chi connectivity index (χ0v) is 15.1. The van der Waals surface area contributed by atoms with Crippen molar-refractivity contribution in [3.05, 3.63) is 24.0 Å². The molecule has 0 N–H and O–H groups in total. The molecule has 138 valence electrons. The molecule has 0 atom stereocenters. The van der Waals surface area contributed by atoms with Crippen LogP contribution in [0.5, 0.6) is 5.75 Å². The number of piperazine rings is 1. The molecule has 1 aliphatic carbocycles. The molecule has 1 aromatic rings. The number of benzene rings is 1. The third-order valence-corrected chi connectivity index (χ3v) is 6.92. The van der Waals surface area contributed by atoms with Gasteiger partial charge < -0.3 is 9.64 Å². The molecule has 0 radical (unpaired) electrons. The maximum atomic E-state index is 13.5. The number of halogens is 1. The summed E-state index contributed by atoms with van der Waals surface area (Å²) in [5, 5.41) is 0. The summed E-state index contributed by atoms with van der Waals surface area (Å²) in [7, 11) is -2.51. The van der Waals surface area contributed by atoms with Crippen molar-refractivity contribution in [2.24, 2.45) is 5.92 Å². The lowest BCUT2D eigenvalue weighted by Gasteiger charge is -2.35. The topological polar surface area (TPSA) is 66.9 Å². The Labute approximate surface area is 147 Å². The number of ether oxygens (including phenoxy) is 1. The molecular weight excluding hydrogens is 347 g/mol. The Morgan fingerprint density at radius 1 is 1.16 bits per heavy atom. The van der Waals surface area contributed by atoms with Gasteiger partial charge in [-0.1, -0.05) is 12.8 Å². The van der Waals surface area contributed by atoms with Gasteiger partial charge in [0.1, 0.15) is 16.5 Å². The minimum Gasteiger partial charge on any atom is -0.495 e. The molecule has 3 rings (SSSR count). The van der Waals surface area contributed by atoms with E-state index in [4.69, 9.17) is 4.74 Å². The van der Waals surface area contributed by atoms with Crippen LogP contribution in [0.4, 0.5) is 4.39 Å². The second kappa shape index (κ2) is 7.29. The van der Waals surface area contributed by atoms with Crippen LogP contribution in [-0.4, -0.2) is 56.8 Å². The summed E-state index contributed by atoms with van der Waals surface area (Å²) >= 11 is 0. The van der Waals surface area contributed by atoms with E-state index in [9.17, 15) is 17.6 Å². The normalized spacial score (nSPS) is 20.0. The standard InChI is InChI=1S/C17H23FN2O4S/c1-24-15-7-6-14(18)12-16(15)25(22,23)20-10-8-19(9-11-20)17(21)13-4-2-3-5-13/h6-7,12-13H,2-5,8-11H2,1H3. The fourth-order valence-corrected chi connectivity index (χ4v) is 5.16. The van der Waals surface area contributed by atoms with Crippen LogP contribution in [0.15, 0.2) is 23.1 Å². The quantitative estimate of drug-likeness (QED) is 0.811. The molecule has 0 bridgehead atoms. The molecule has 0 spiro atoms. The van der Waals surface area contributed by atoms with Crippen molar-refractivity contribution in [2.45, 2.75) is 30.6 Å². The highest BCUT2D eigenvalue weighted by atomic mass is 32.2. The number of nitrogens with zero attached hydrogens (tertiary/aromatic N) is 2. The maximum Gasteiger partial charge on any atom is 0.246 e. The maximum absolute atomic E-state index is 13.5. The number of hydrogen-bond donors (Lipinski definition) is 0. The second-order valence-corrected chi connectivity index (χ2v) is 8.41. The van der Waals surface area contributed by atoms with Crippen LogP contribution in [0.2, 0.25) is 0 Å². The third kappa shape index (κ3) is 3.64. The highest BCUT2D eigenvalue weighted by Gasteiger charge is 2.34. The Morgan fingerprint density at radius 2 is 1.80 bits per heavy atom. The third-order valence-electron chi connectivity index (χ3n) is 5.00. The highest BCUT2D eigenvalue weighted by molar-refractivity contribution is 7.89. The van der Waals surface area contributed by atoms with E-state index in [0.717, 1.165) is 37.8 Å². The van der Waals surface area contributed by atoms with Gasteiger partial charge in [0.15, 0.2) is 0 Å². The van der Waals surface area contributed by atoms with E-state index in [-0.39, 0.29) is 35.6 Å². The largest absolute Gasteiger partial charge is 0.495 e. The molecule has 1 saturated carbocycles. The zero-order chi connectivity index (χ0) is 18.0. The molecule has 1 aromatic carbocycles. The predicted molar refractivity (Wildman–Crippen MR) is 90.2 cm³/mol. The van der Waals surface area contributed by atoms with Gasteiger partial charge in [-0.3, -0.25) is 4.79 Å². The number of hydrogen-bond acceptors (Lipinski definition) is 4. The van der Waals surface area contributed by atoms with E-state index < -0.39 is 15.8 Å². The molecule has 1 saturated heterocycles. The van der Waals surface area contributed by atoms with Gasteiger partial charge in [0, 0.05) is 32.1 Å². The molecular formula is C17H23FN2O4S. The predicted octanol–water partition coefficient (Wildman–Crippen LogP) is 1.86. The Hall–Kier alpha value is -1.67. The van der Waals surface area contributed by atoms with E-state index in [1.54, 1.807) is 4.90 Å². The molecule has 25 heavy (non-hydrogen) atoms. The lowest BCUT2D eigenvalue weighted by atomic mass is 10.1. The SMILES string of the molecule is COc1ccc(F)cc1S(=O)(=O)N1CCN(C(=O)C2CCCC2)CC1. The van der Waals surface area contributed by atoms with E-state index in [0.29, 0.717) is 13.1 Å². The molecule has 6 nitrogen and oxygen atoms in total. The fourth-order valence-electron chi connectivity index (χ4n) is 3.57. The van der Waals surface area contributed by atoms with E-state index >= 15 is 0 Å².